The van der Waals surface area contributed by atoms with Crippen molar-refractivity contribution in [3.63, 3.8) is 0 Å². The normalized spacial score (nSPS) is 16.8. The lowest BCUT2D eigenvalue weighted by atomic mass is 10.1. The molecule has 0 fully saturated rings. The number of rotatable bonds is 3. The third-order valence-electron chi connectivity index (χ3n) is 1.02. The van der Waals surface area contributed by atoms with Crippen LogP contribution in [0.1, 0.15) is 6.92 Å². The van der Waals surface area contributed by atoms with Crippen LogP contribution in [0.5, 0.6) is 0 Å². The van der Waals surface area contributed by atoms with Gasteiger partial charge in [-0.2, -0.15) is 17.6 Å². The molecule has 1 radical (unpaired) electrons. The van der Waals surface area contributed by atoms with Crippen LogP contribution in [0.3, 0.4) is 0 Å². The molecule has 0 aromatic rings. The van der Waals surface area contributed by atoms with E-state index in [1.54, 1.807) is 0 Å². The van der Waals surface area contributed by atoms with Crippen molar-refractivity contribution in [3.05, 3.63) is 6.43 Å². The van der Waals surface area contributed by atoms with Gasteiger partial charge in [0.1, 0.15) is 0 Å². The number of hydrogen-bond donors (Lipinski definition) is 0. The summed E-state index contributed by atoms with van der Waals surface area (Å²) in [6.45, 7) is -0.200. The van der Waals surface area contributed by atoms with E-state index in [4.69, 9.17) is 0 Å². The van der Waals surface area contributed by atoms with Crippen LogP contribution in [0.4, 0.5) is 30.7 Å². The lowest BCUT2D eigenvalue weighted by Gasteiger charge is -2.22. The summed E-state index contributed by atoms with van der Waals surface area (Å²) in [5, 5.41) is 0. The zero-order valence-electron chi connectivity index (χ0n) is 5.72. The third kappa shape index (κ3) is 2.25. The summed E-state index contributed by atoms with van der Waals surface area (Å²) in [5.74, 6) is -9.88. The third-order valence-corrected chi connectivity index (χ3v) is 1.02. The Balaban J connectivity index is 4.57. The molecule has 0 N–H and O–H groups in total. The van der Waals surface area contributed by atoms with Gasteiger partial charge in [-0.1, -0.05) is 0 Å². The van der Waals surface area contributed by atoms with E-state index in [0.717, 1.165) is 0 Å². The van der Waals surface area contributed by atoms with Crippen LogP contribution in [0.2, 0.25) is 0 Å². The lowest BCUT2D eigenvalue weighted by molar-refractivity contribution is -0.191. The van der Waals surface area contributed by atoms with E-state index in [0.29, 0.717) is 0 Å². The summed E-state index contributed by atoms with van der Waals surface area (Å²) in [6.07, 6.45) is -7.86. The van der Waals surface area contributed by atoms with Gasteiger partial charge in [0, 0.05) is 6.92 Å². The molecule has 0 spiro atoms. The lowest BCUT2D eigenvalue weighted by Crippen LogP contribution is -2.44. The molecule has 7 heteroatoms. The topological polar surface area (TPSA) is 0 Å². The van der Waals surface area contributed by atoms with E-state index >= 15 is 0 Å². The highest BCUT2D eigenvalue weighted by Crippen LogP contribution is 2.40. The Morgan fingerprint density at radius 2 is 1.42 bits per heavy atom. The maximum absolute atomic E-state index is 11.9. The quantitative estimate of drug-likeness (QED) is 0.610. The molecule has 0 amide bonds. The SMILES string of the molecule is CC(F)(F)C(F)C(F)(F)[C](F)F. The molecule has 0 rings (SSSR count). The van der Waals surface area contributed by atoms with E-state index in [1.807, 2.05) is 0 Å². The monoisotopic (exact) mass is 197 g/mol. The highest BCUT2D eigenvalue weighted by molar-refractivity contribution is 4.95. The molecule has 73 valence electrons. The Labute approximate surface area is 63.4 Å². The van der Waals surface area contributed by atoms with Crippen LogP contribution < -0.4 is 0 Å². The summed E-state index contributed by atoms with van der Waals surface area (Å²) < 4.78 is 81.4. The van der Waals surface area contributed by atoms with Gasteiger partial charge in [-0.05, 0) is 0 Å². The Kier molecular flexibility index (Phi) is 2.97. The summed E-state index contributed by atoms with van der Waals surface area (Å²) in [7, 11) is 0. The number of hydrogen-bond acceptors (Lipinski definition) is 0. The first-order valence-corrected chi connectivity index (χ1v) is 2.68. The molecule has 1 unspecified atom stereocenters. The molecule has 0 aliphatic heterocycles. The van der Waals surface area contributed by atoms with E-state index in [-0.39, 0.29) is 6.92 Å². The second-order valence-electron chi connectivity index (χ2n) is 2.20. The Morgan fingerprint density at radius 1 is 1.08 bits per heavy atom. The second kappa shape index (κ2) is 3.10. The minimum atomic E-state index is -5.39. The average Bonchev–Trinajstić information content (AvgIpc) is 1.83. The fraction of sp³-hybridized carbons (Fsp3) is 0.800. The van der Waals surface area contributed by atoms with Gasteiger partial charge < -0.3 is 0 Å². The first-order valence-electron chi connectivity index (χ1n) is 2.68. The van der Waals surface area contributed by atoms with E-state index in [2.05, 4.69) is 0 Å². The van der Waals surface area contributed by atoms with Crippen molar-refractivity contribution in [2.24, 2.45) is 0 Å². The molecule has 12 heavy (non-hydrogen) atoms. The molecule has 0 nitrogen and oxygen atoms in total. The second-order valence-corrected chi connectivity index (χ2v) is 2.20. The van der Waals surface area contributed by atoms with Gasteiger partial charge in [-0.15, -0.1) is 0 Å². The molecule has 0 aliphatic carbocycles. The zero-order chi connectivity index (χ0) is 10.2. The minimum Gasteiger partial charge on any atom is -0.234 e. The smallest absolute Gasteiger partial charge is 0.234 e. The summed E-state index contributed by atoms with van der Waals surface area (Å²) in [4.78, 5) is 0. The zero-order valence-corrected chi connectivity index (χ0v) is 5.72. The highest BCUT2D eigenvalue weighted by Gasteiger charge is 2.60. The van der Waals surface area contributed by atoms with Gasteiger partial charge in [-0.3, -0.25) is 0 Å². The summed E-state index contributed by atoms with van der Waals surface area (Å²) in [6, 6.07) is 0. The maximum atomic E-state index is 11.9. The Hall–Kier alpha value is -0.490. The number of halogens is 7. The molecular weight excluding hydrogens is 193 g/mol. The van der Waals surface area contributed by atoms with Crippen molar-refractivity contribution < 1.29 is 30.7 Å². The van der Waals surface area contributed by atoms with Crippen LogP contribution in [-0.4, -0.2) is 18.0 Å². The van der Waals surface area contributed by atoms with Gasteiger partial charge in [-0.25, -0.2) is 13.2 Å². The molecule has 0 heterocycles. The van der Waals surface area contributed by atoms with Crippen molar-refractivity contribution in [1.29, 1.82) is 0 Å². The van der Waals surface area contributed by atoms with Crippen LogP contribution in [0.15, 0.2) is 0 Å². The van der Waals surface area contributed by atoms with Crippen LogP contribution >= 0.6 is 0 Å². The van der Waals surface area contributed by atoms with E-state index < -0.39 is 24.4 Å². The fourth-order valence-electron chi connectivity index (χ4n) is 0.414. The summed E-state index contributed by atoms with van der Waals surface area (Å²) >= 11 is 0. The predicted molar refractivity (Wildman–Crippen MR) is 25.9 cm³/mol. The first-order chi connectivity index (χ1) is 5.10. The van der Waals surface area contributed by atoms with Crippen molar-refractivity contribution in [1.82, 2.24) is 0 Å². The van der Waals surface area contributed by atoms with Crippen molar-refractivity contribution in [3.8, 4) is 0 Å². The first kappa shape index (κ1) is 11.5. The Morgan fingerprint density at radius 3 is 1.50 bits per heavy atom. The largest absolute Gasteiger partial charge is 0.381 e. The Bertz CT molecular complexity index is 146. The van der Waals surface area contributed by atoms with Crippen molar-refractivity contribution >= 4 is 0 Å². The van der Waals surface area contributed by atoms with Crippen LogP contribution in [0, 0.1) is 6.43 Å². The molecular formula is C5H4F7. The van der Waals surface area contributed by atoms with Gasteiger partial charge in [0.15, 0.2) is 0 Å². The molecule has 0 saturated heterocycles. The van der Waals surface area contributed by atoms with Gasteiger partial charge in [0.05, 0.1) is 0 Å². The van der Waals surface area contributed by atoms with Gasteiger partial charge >= 0.3 is 12.3 Å². The standard InChI is InChI=1S/C5H4F7/c1-4(9,10)2(6)5(11,12)3(7)8/h2H,1H3. The van der Waals surface area contributed by atoms with Gasteiger partial charge in [0.25, 0.3) is 5.92 Å². The maximum Gasteiger partial charge on any atom is 0.381 e. The van der Waals surface area contributed by atoms with E-state index in [9.17, 15) is 30.7 Å². The van der Waals surface area contributed by atoms with E-state index in [1.165, 1.54) is 0 Å². The van der Waals surface area contributed by atoms with Crippen molar-refractivity contribution in [2.45, 2.75) is 24.9 Å². The van der Waals surface area contributed by atoms with Crippen molar-refractivity contribution in [2.75, 3.05) is 0 Å². The van der Waals surface area contributed by atoms with Crippen LogP contribution in [-0.2, 0) is 0 Å². The van der Waals surface area contributed by atoms with Gasteiger partial charge in [0.2, 0.25) is 6.17 Å². The van der Waals surface area contributed by atoms with Crippen LogP contribution in [0.25, 0.3) is 0 Å². The molecule has 1 atom stereocenters. The highest BCUT2D eigenvalue weighted by atomic mass is 19.3. The minimum absolute atomic E-state index is 0.200. The molecule has 0 aliphatic rings. The predicted octanol–water partition coefficient (Wildman–Crippen LogP) is 3.04. The fourth-order valence-corrected chi connectivity index (χ4v) is 0.414. The summed E-state index contributed by atoms with van der Waals surface area (Å²) in [5.41, 5.74) is 0. The molecule has 0 aromatic heterocycles. The molecule has 0 aromatic carbocycles. The number of alkyl halides is 5. The molecule has 0 bridgehead atoms. The average molecular weight is 197 g/mol. The molecule has 0 saturated carbocycles.